The lowest BCUT2D eigenvalue weighted by atomic mass is 10.1. The smallest absolute Gasteiger partial charge is 0.277 e. The Balaban J connectivity index is 2.26. The van der Waals surface area contributed by atoms with Gasteiger partial charge in [0, 0.05) is 0 Å². The summed E-state index contributed by atoms with van der Waals surface area (Å²) in [4.78, 5) is 23.8. The number of H-pyrrole nitrogens is 2. The summed E-state index contributed by atoms with van der Waals surface area (Å²) in [5.41, 5.74) is 0.655. The second kappa shape index (κ2) is 4.96. The molecule has 0 bridgehead atoms. The maximum Gasteiger partial charge on any atom is 0.277 e. The minimum absolute atomic E-state index is 0.0443. The van der Waals surface area contributed by atoms with E-state index >= 15 is 0 Å². The maximum absolute atomic E-state index is 12.1. The molecular weight excluding hydrogens is 250 g/mol. The molecule has 0 aliphatic carbocycles. The first kappa shape index (κ1) is 12.9. The molecule has 1 atom stereocenters. The van der Waals surface area contributed by atoms with Crippen LogP contribution in [0.4, 0.5) is 0 Å². The van der Waals surface area contributed by atoms with Crippen LogP contribution in [-0.4, -0.2) is 36.7 Å². The first-order chi connectivity index (χ1) is 9.00. The number of carbonyl (C=O) groups excluding carboxylic acids is 1. The molecule has 19 heavy (non-hydrogen) atoms. The van der Waals surface area contributed by atoms with Crippen molar-refractivity contribution in [3.8, 4) is 0 Å². The number of aromatic nitrogens is 6. The van der Waals surface area contributed by atoms with E-state index in [2.05, 4.69) is 36.1 Å². The van der Waals surface area contributed by atoms with Gasteiger partial charge < -0.3 is 5.32 Å². The van der Waals surface area contributed by atoms with Gasteiger partial charge in [0.05, 0.1) is 11.7 Å². The monoisotopic (exact) mass is 263 g/mol. The molecule has 0 saturated carbocycles. The van der Waals surface area contributed by atoms with Crippen molar-refractivity contribution in [3.63, 3.8) is 0 Å². The second-order valence-electron chi connectivity index (χ2n) is 4.10. The highest BCUT2D eigenvalue weighted by Gasteiger charge is 2.20. The summed E-state index contributed by atoms with van der Waals surface area (Å²) >= 11 is 0. The Bertz CT molecular complexity index is 646. The molecule has 3 N–H and O–H groups in total. The predicted molar refractivity (Wildman–Crippen MR) is 64.4 cm³/mol. The lowest BCUT2D eigenvalue weighted by molar-refractivity contribution is 0.0935. The average Bonchev–Trinajstić information content (AvgIpc) is 2.88. The number of aromatic amines is 2. The van der Waals surface area contributed by atoms with E-state index in [9.17, 15) is 9.59 Å². The lowest BCUT2D eigenvalue weighted by Gasteiger charge is -2.11. The number of carbonyl (C=O) groups is 1. The Hall–Kier alpha value is -2.58. The van der Waals surface area contributed by atoms with E-state index in [4.69, 9.17) is 0 Å². The highest BCUT2D eigenvalue weighted by Crippen LogP contribution is 2.08. The van der Waals surface area contributed by atoms with Crippen LogP contribution in [0.15, 0.2) is 4.79 Å². The van der Waals surface area contributed by atoms with E-state index in [1.54, 1.807) is 20.8 Å². The number of tetrazole rings is 1. The number of hydrogen-bond donors (Lipinski definition) is 3. The molecule has 100 valence electrons. The fourth-order valence-corrected chi connectivity index (χ4v) is 1.59. The summed E-state index contributed by atoms with van der Waals surface area (Å²) in [7, 11) is 0. The van der Waals surface area contributed by atoms with Crippen LogP contribution in [0.1, 0.15) is 40.4 Å². The van der Waals surface area contributed by atoms with E-state index in [1.165, 1.54) is 0 Å². The SMILES string of the molecule is Cc1n[nH]c(=O)c(C(=O)NC(C)c2nn[nH]n2)c1C. The van der Waals surface area contributed by atoms with Crippen molar-refractivity contribution in [2.24, 2.45) is 0 Å². The second-order valence-corrected chi connectivity index (χ2v) is 4.10. The van der Waals surface area contributed by atoms with Crippen molar-refractivity contribution in [2.45, 2.75) is 26.8 Å². The van der Waals surface area contributed by atoms with Gasteiger partial charge in [0.2, 0.25) is 0 Å². The van der Waals surface area contributed by atoms with Crippen LogP contribution in [0.25, 0.3) is 0 Å². The van der Waals surface area contributed by atoms with Crippen molar-refractivity contribution >= 4 is 5.91 Å². The van der Waals surface area contributed by atoms with Gasteiger partial charge in [-0.2, -0.15) is 10.3 Å². The topological polar surface area (TPSA) is 129 Å². The Labute approximate surface area is 107 Å². The molecule has 2 aromatic heterocycles. The van der Waals surface area contributed by atoms with Crippen LogP contribution in [0.3, 0.4) is 0 Å². The number of nitrogens with one attached hydrogen (secondary N) is 3. The van der Waals surface area contributed by atoms with Crippen molar-refractivity contribution in [2.75, 3.05) is 0 Å². The zero-order valence-electron chi connectivity index (χ0n) is 10.7. The van der Waals surface area contributed by atoms with E-state index in [1.807, 2.05) is 0 Å². The van der Waals surface area contributed by atoms with Crippen LogP contribution in [0.2, 0.25) is 0 Å². The van der Waals surface area contributed by atoms with Gasteiger partial charge in [-0.15, -0.1) is 10.2 Å². The third kappa shape index (κ3) is 2.49. The molecule has 0 aliphatic rings. The zero-order valence-corrected chi connectivity index (χ0v) is 10.7. The standard InChI is InChI=1S/C10H13N7O2/c1-4-5(2)12-15-10(19)7(4)9(18)11-6(3)8-13-16-17-14-8/h6H,1-3H3,(H,11,18)(H,15,19)(H,13,14,16,17). The van der Waals surface area contributed by atoms with Gasteiger partial charge in [0.15, 0.2) is 5.82 Å². The van der Waals surface area contributed by atoms with E-state index < -0.39 is 17.5 Å². The largest absolute Gasteiger partial charge is 0.342 e. The Morgan fingerprint density at radius 3 is 2.68 bits per heavy atom. The fourth-order valence-electron chi connectivity index (χ4n) is 1.59. The third-order valence-corrected chi connectivity index (χ3v) is 2.79. The molecule has 1 amide bonds. The Morgan fingerprint density at radius 2 is 2.05 bits per heavy atom. The molecule has 0 aliphatic heterocycles. The maximum atomic E-state index is 12.1. The summed E-state index contributed by atoms with van der Waals surface area (Å²) in [6, 6.07) is -0.460. The highest BCUT2D eigenvalue weighted by atomic mass is 16.2. The van der Waals surface area contributed by atoms with Gasteiger partial charge >= 0.3 is 0 Å². The molecular formula is C10H13N7O2. The number of hydrogen-bond acceptors (Lipinski definition) is 6. The molecule has 9 nitrogen and oxygen atoms in total. The van der Waals surface area contributed by atoms with Crippen molar-refractivity contribution in [1.82, 2.24) is 36.1 Å². The molecule has 2 rings (SSSR count). The van der Waals surface area contributed by atoms with E-state index in [-0.39, 0.29) is 5.56 Å². The first-order valence-corrected chi connectivity index (χ1v) is 5.60. The third-order valence-electron chi connectivity index (χ3n) is 2.79. The number of aryl methyl sites for hydroxylation is 1. The van der Waals surface area contributed by atoms with Gasteiger partial charge in [-0.05, 0) is 26.3 Å². The summed E-state index contributed by atoms with van der Waals surface area (Å²) in [5.74, 6) is -0.158. The Kier molecular flexibility index (Phi) is 3.36. The van der Waals surface area contributed by atoms with Crippen LogP contribution < -0.4 is 10.9 Å². The molecule has 0 saturated heterocycles. The fraction of sp³-hybridized carbons (Fsp3) is 0.400. The van der Waals surface area contributed by atoms with Gasteiger partial charge in [0.25, 0.3) is 11.5 Å². The highest BCUT2D eigenvalue weighted by molar-refractivity contribution is 5.95. The average molecular weight is 263 g/mol. The number of nitrogens with zero attached hydrogens (tertiary/aromatic N) is 4. The van der Waals surface area contributed by atoms with Crippen molar-refractivity contribution in [3.05, 3.63) is 33.0 Å². The first-order valence-electron chi connectivity index (χ1n) is 5.60. The lowest BCUT2D eigenvalue weighted by Crippen LogP contribution is -2.33. The van der Waals surface area contributed by atoms with Gasteiger partial charge in [-0.1, -0.05) is 5.21 Å². The van der Waals surface area contributed by atoms with Gasteiger partial charge in [-0.3, -0.25) is 9.59 Å². The minimum atomic E-state index is -0.527. The van der Waals surface area contributed by atoms with Crippen LogP contribution in [-0.2, 0) is 0 Å². The van der Waals surface area contributed by atoms with E-state index in [0.29, 0.717) is 17.1 Å². The Morgan fingerprint density at radius 1 is 1.32 bits per heavy atom. The van der Waals surface area contributed by atoms with Crippen molar-refractivity contribution in [1.29, 1.82) is 0 Å². The molecule has 0 spiro atoms. The van der Waals surface area contributed by atoms with Crippen LogP contribution in [0.5, 0.6) is 0 Å². The summed E-state index contributed by atoms with van der Waals surface area (Å²) in [5, 5.41) is 21.9. The molecule has 2 heterocycles. The molecule has 1 unspecified atom stereocenters. The molecule has 0 radical (unpaired) electrons. The minimum Gasteiger partial charge on any atom is -0.342 e. The number of amides is 1. The van der Waals surface area contributed by atoms with Crippen LogP contribution >= 0.6 is 0 Å². The van der Waals surface area contributed by atoms with Crippen molar-refractivity contribution < 1.29 is 4.79 Å². The summed E-state index contributed by atoms with van der Waals surface area (Å²) < 4.78 is 0. The normalized spacial score (nSPS) is 12.2. The molecule has 9 heteroatoms. The summed E-state index contributed by atoms with van der Waals surface area (Å²) in [6.45, 7) is 5.08. The molecule has 0 fully saturated rings. The molecule has 2 aromatic rings. The predicted octanol–water partition coefficient (Wildman–Crippen LogP) is -0.609. The summed E-state index contributed by atoms with van der Waals surface area (Å²) in [6.07, 6.45) is 0. The van der Waals surface area contributed by atoms with E-state index in [0.717, 1.165) is 0 Å². The quantitative estimate of drug-likeness (QED) is 0.677. The van der Waals surface area contributed by atoms with Crippen LogP contribution in [0, 0.1) is 13.8 Å². The zero-order chi connectivity index (χ0) is 14.0. The van der Waals surface area contributed by atoms with Gasteiger partial charge in [-0.25, -0.2) is 5.10 Å². The number of rotatable bonds is 3. The van der Waals surface area contributed by atoms with Gasteiger partial charge in [0.1, 0.15) is 5.56 Å². The molecule has 0 aromatic carbocycles.